The minimum absolute atomic E-state index is 0.368. The van der Waals surface area contributed by atoms with E-state index in [4.69, 9.17) is 0 Å². The molecule has 1 fully saturated rings. The lowest BCUT2D eigenvalue weighted by Crippen LogP contribution is -2.26. The molecule has 1 unspecified atom stereocenters. The van der Waals surface area contributed by atoms with Crippen molar-refractivity contribution in [2.24, 2.45) is 0 Å². The molecule has 0 saturated heterocycles. The smallest absolute Gasteiger partial charge is 0.0438 e. The van der Waals surface area contributed by atoms with E-state index in [1.54, 1.807) is 5.57 Å². The van der Waals surface area contributed by atoms with Crippen molar-refractivity contribution in [2.75, 3.05) is 11.9 Å². The summed E-state index contributed by atoms with van der Waals surface area (Å²) in [5.41, 5.74) is 4.13. The van der Waals surface area contributed by atoms with Gasteiger partial charge >= 0.3 is 0 Å². The lowest BCUT2D eigenvalue weighted by molar-refractivity contribution is 0.825. The summed E-state index contributed by atoms with van der Waals surface area (Å²) >= 11 is 0. The fourth-order valence-corrected chi connectivity index (χ4v) is 1.65. The predicted octanol–water partition coefficient (Wildman–Crippen LogP) is 3.87. The van der Waals surface area contributed by atoms with Crippen LogP contribution < -0.4 is 4.90 Å². The van der Waals surface area contributed by atoms with E-state index in [1.807, 2.05) is 6.08 Å². The van der Waals surface area contributed by atoms with Gasteiger partial charge in [-0.2, -0.15) is 0 Å². The summed E-state index contributed by atoms with van der Waals surface area (Å²) in [6.07, 6.45) is 6.82. The Bertz CT molecular complexity index is 394. The summed E-state index contributed by atoms with van der Waals surface area (Å²) < 4.78 is 0. The van der Waals surface area contributed by atoms with E-state index in [0.717, 1.165) is 0 Å². The van der Waals surface area contributed by atoms with E-state index in [2.05, 4.69) is 55.8 Å². The largest absolute Gasteiger partial charge is 0.368 e. The molecular formula is C15H19N. The molecule has 1 aromatic carbocycles. The highest BCUT2D eigenvalue weighted by Crippen LogP contribution is 2.30. The maximum absolute atomic E-state index is 3.82. The number of likely N-dealkylation sites (N-methyl/N-ethyl adjacent to an activating group) is 1. The van der Waals surface area contributed by atoms with Crippen LogP contribution in [0.1, 0.15) is 25.3 Å². The number of nitrogens with zero attached hydrogens (tertiary/aromatic N) is 1. The van der Waals surface area contributed by atoms with E-state index in [9.17, 15) is 0 Å². The van der Waals surface area contributed by atoms with Crippen molar-refractivity contribution in [3.8, 4) is 0 Å². The molecule has 1 atom stereocenters. The van der Waals surface area contributed by atoms with Gasteiger partial charge in [-0.3, -0.25) is 0 Å². The minimum Gasteiger partial charge on any atom is -0.368 e. The Morgan fingerprint density at radius 3 is 2.38 bits per heavy atom. The second kappa shape index (κ2) is 4.56. The van der Waals surface area contributed by atoms with Crippen molar-refractivity contribution in [3.05, 3.63) is 48.1 Å². The monoisotopic (exact) mass is 213 g/mol. The molecule has 2 rings (SSSR count). The van der Waals surface area contributed by atoms with Gasteiger partial charge in [0.25, 0.3) is 0 Å². The predicted molar refractivity (Wildman–Crippen MR) is 71.7 cm³/mol. The number of hydrogen-bond donors (Lipinski definition) is 0. The highest BCUT2D eigenvalue weighted by atomic mass is 15.1. The second-order valence-electron chi connectivity index (χ2n) is 4.48. The number of allylic oxidation sites excluding steroid dienone is 1. The Kier molecular flexibility index (Phi) is 3.14. The molecule has 0 aliphatic heterocycles. The van der Waals surface area contributed by atoms with Crippen LogP contribution in [0, 0.1) is 0 Å². The lowest BCUT2D eigenvalue weighted by atomic mass is 10.1. The third-order valence-corrected chi connectivity index (χ3v) is 3.16. The van der Waals surface area contributed by atoms with Crippen LogP contribution in [0.4, 0.5) is 5.69 Å². The van der Waals surface area contributed by atoms with Gasteiger partial charge in [0.2, 0.25) is 0 Å². The van der Waals surface area contributed by atoms with Crippen LogP contribution >= 0.6 is 0 Å². The summed E-state index contributed by atoms with van der Waals surface area (Å²) in [6.45, 7) is 5.97. The first-order valence-electron chi connectivity index (χ1n) is 5.85. The molecule has 1 aromatic rings. The summed E-state index contributed by atoms with van der Waals surface area (Å²) in [7, 11) is 2.10. The maximum atomic E-state index is 3.82. The molecule has 0 spiro atoms. The lowest BCUT2D eigenvalue weighted by Gasteiger charge is -2.24. The van der Waals surface area contributed by atoms with Crippen molar-refractivity contribution in [1.82, 2.24) is 0 Å². The van der Waals surface area contributed by atoms with Crippen LogP contribution in [0.5, 0.6) is 0 Å². The molecular weight excluding hydrogens is 194 g/mol. The van der Waals surface area contributed by atoms with Crippen LogP contribution in [0.3, 0.4) is 0 Å². The zero-order chi connectivity index (χ0) is 11.5. The van der Waals surface area contributed by atoms with Gasteiger partial charge in [0.1, 0.15) is 0 Å². The molecule has 1 heteroatoms. The van der Waals surface area contributed by atoms with Gasteiger partial charge in [0.05, 0.1) is 0 Å². The van der Waals surface area contributed by atoms with Crippen LogP contribution in [0.25, 0.3) is 6.08 Å². The Morgan fingerprint density at radius 2 is 1.88 bits per heavy atom. The molecule has 0 amide bonds. The zero-order valence-electron chi connectivity index (χ0n) is 10.1. The summed E-state index contributed by atoms with van der Waals surface area (Å²) in [4.78, 5) is 2.22. The molecule has 1 nitrogen and oxygen atoms in total. The van der Waals surface area contributed by atoms with E-state index in [-0.39, 0.29) is 0 Å². The SMILES string of the molecule is C=CC(C)N(C)c1ccc(C=C2CC2)cc1. The van der Waals surface area contributed by atoms with Crippen molar-refractivity contribution < 1.29 is 0 Å². The Labute approximate surface area is 98.1 Å². The van der Waals surface area contributed by atoms with Crippen molar-refractivity contribution in [1.29, 1.82) is 0 Å². The fraction of sp³-hybridized carbons (Fsp3) is 0.333. The first-order valence-corrected chi connectivity index (χ1v) is 5.85. The van der Waals surface area contributed by atoms with Gasteiger partial charge in [-0.25, -0.2) is 0 Å². The standard InChI is InChI=1S/C15H19N/c1-4-12(2)16(3)15-9-7-14(8-10-15)11-13-5-6-13/h4,7-12H,1,5-6H2,2-3H3. The van der Waals surface area contributed by atoms with E-state index < -0.39 is 0 Å². The van der Waals surface area contributed by atoms with E-state index in [0.29, 0.717) is 6.04 Å². The van der Waals surface area contributed by atoms with Crippen molar-refractivity contribution >= 4 is 11.8 Å². The van der Waals surface area contributed by atoms with E-state index in [1.165, 1.54) is 24.1 Å². The molecule has 0 heterocycles. The summed E-state index contributed by atoms with van der Waals surface area (Å²) in [5.74, 6) is 0. The average molecular weight is 213 g/mol. The molecule has 0 radical (unpaired) electrons. The molecule has 84 valence electrons. The van der Waals surface area contributed by atoms with Gasteiger partial charge in [-0.15, -0.1) is 6.58 Å². The Hall–Kier alpha value is -1.50. The Balaban J connectivity index is 2.11. The normalized spacial score (nSPS) is 15.5. The third kappa shape index (κ3) is 2.54. The summed E-state index contributed by atoms with van der Waals surface area (Å²) in [6, 6.07) is 9.09. The van der Waals surface area contributed by atoms with Gasteiger partial charge in [-0.05, 0) is 37.5 Å². The maximum Gasteiger partial charge on any atom is 0.0438 e. The molecule has 1 aliphatic rings. The topological polar surface area (TPSA) is 3.24 Å². The molecule has 16 heavy (non-hydrogen) atoms. The van der Waals surface area contributed by atoms with Gasteiger partial charge in [-0.1, -0.05) is 29.9 Å². The van der Waals surface area contributed by atoms with Crippen LogP contribution in [-0.2, 0) is 0 Å². The van der Waals surface area contributed by atoms with Gasteiger partial charge in [0, 0.05) is 18.8 Å². The second-order valence-corrected chi connectivity index (χ2v) is 4.48. The summed E-state index contributed by atoms with van der Waals surface area (Å²) in [5, 5.41) is 0. The number of anilines is 1. The minimum atomic E-state index is 0.368. The number of rotatable bonds is 4. The highest BCUT2D eigenvalue weighted by Gasteiger charge is 2.10. The third-order valence-electron chi connectivity index (χ3n) is 3.16. The Morgan fingerprint density at radius 1 is 1.25 bits per heavy atom. The molecule has 0 N–H and O–H groups in total. The van der Waals surface area contributed by atoms with Crippen LogP contribution in [0.15, 0.2) is 42.5 Å². The molecule has 1 aliphatic carbocycles. The number of hydrogen-bond acceptors (Lipinski definition) is 1. The first-order chi connectivity index (χ1) is 7.70. The first kappa shape index (κ1) is 11.0. The van der Waals surface area contributed by atoms with Gasteiger partial charge < -0.3 is 4.90 Å². The van der Waals surface area contributed by atoms with Crippen LogP contribution in [0.2, 0.25) is 0 Å². The van der Waals surface area contributed by atoms with E-state index >= 15 is 0 Å². The average Bonchev–Trinajstić information content (AvgIpc) is 3.12. The van der Waals surface area contributed by atoms with Crippen molar-refractivity contribution in [2.45, 2.75) is 25.8 Å². The quantitative estimate of drug-likeness (QED) is 0.686. The molecule has 0 bridgehead atoms. The molecule has 1 saturated carbocycles. The zero-order valence-corrected chi connectivity index (χ0v) is 10.1. The molecule has 0 aromatic heterocycles. The number of benzene rings is 1. The van der Waals surface area contributed by atoms with Crippen molar-refractivity contribution in [3.63, 3.8) is 0 Å². The van der Waals surface area contributed by atoms with Gasteiger partial charge in [0.15, 0.2) is 0 Å². The van der Waals surface area contributed by atoms with Crippen LogP contribution in [-0.4, -0.2) is 13.1 Å². The highest BCUT2D eigenvalue weighted by molar-refractivity contribution is 5.60. The fourth-order valence-electron chi connectivity index (χ4n) is 1.65.